The highest BCUT2D eigenvalue weighted by atomic mass is 19.1. The fourth-order valence-electron chi connectivity index (χ4n) is 2.70. The lowest BCUT2D eigenvalue weighted by atomic mass is 10.0. The molecule has 4 aromatic rings. The van der Waals surface area contributed by atoms with Gasteiger partial charge in [0.25, 0.3) is 0 Å². The van der Waals surface area contributed by atoms with Crippen LogP contribution in [0.2, 0.25) is 0 Å². The molecule has 2 aromatic carbocycles. The second kappa shape index (κ2) is 6.53. The van der Waals surface area contributed by atoms with Gasteiger partial charge in [0.15, 0.2) is 17.3 Å². The van der Waals surface area contributed by atoms with Crippen LogP contribution < -0.4 is 0 Å². The number of rotatable bonds is 3. The lowest BCUT2D eigenvalue weighted by Crippen LogP contribution is -2.08. The molecule has 132 valence electrons. The van der Waals surface area contributed by atoms with Crippen molar-refractivity contribution in [1.82, 2.24) is 15.0 Å². The number of benzene rings is 2. The molecule has 0 atom stereocenters. The molecule has 4 rings (SSSR count). The summed E-state index contributed by atoms with van der Waals surface area (Å²) in [6, 6.07) is 9.63. The van der Waals surface area contributed by atoms with Crippen LogP contribution in [0.1, 0.15) is 15.9 Å². The Morgan fingerprint density at radius 1 is 1.00 bits per heavy atom. The molecule has 5 nitrogen and oxygen atoms in total. The number of carbonyl (C=O) groups is 1. The van der Waals surface area contributed by atoms with Crippen LogP contribution in [0.3, 0.4) is 0 Å². The largest absolute Gasteiger partial charge is 0.505 e. The molecule has 27 heavy (non-hydrogen) atoms. The molecular formula is C20H11F2N3O2. The Bertz CT molecular complexity index is 1180. The molecule has 7 heteroatoms. The van der Waals surface area contributed by atoms with Gasteiger partial charge in [0, 0.05) is 23.5 Å². The van der Waals surface area contributed by atoms with Crippen molar-refractivity contribution in [3.8, 4) is 17.0 Å². The molecule has 0 bridgehead atoms. The highest BCUT2D eigenvalue weighted by Crippen LogP contribution is 2.26. The molecule has 0 saturated heterocycles. The second-order valence-electron chi connectivity index (χ2n) is 5.79. The van der Waals surface area contributed by atoms with E-state index in [1.807, 2.05) is 6.07 Å². The zero-order chi connectivity index (χ0) is 19.0. The smallest absolute Gasteiger partial charge is 0.199 e. The molecule has 0 aliphatic rings. The summed E-state index contributed by atoms with van der Waals surface area (Å²) in [5.41, 5.74) is 1.43. The van der Waals surface area contributed by atoms with Crippen molar-refractivity contribution in [3.63, 3.8) is 0 Å². The van der Waals surface area contributed by atoms with Crippen molar-refractivity contribution >= 4 is 16.8 Å². The topological polar surface area (TPSA) is 76.0 Å². The van der Waals surface area contributed by atoms with E-state index in [4.69, 9.17) is 0 Å². The third kappa shape index (κ3) is 2.99. The molecule has 0 unspecified atom stereocenters. The lowest BCUT2D eigenvalue weighted by molar-refractivity contribution is 0.103. The molecule has 0 amide bonds. The fourth-order valence-corrected chi connectivity index (χ4v) is 2.70. The molecule has 2 aromatic heterocycles. The van der Waals surface area contributed by atoms with Gasteiger partial charge in [0.1, 0.15) is 5.82 Å². The minimum Gasteiger partial charge on any atom is -0.505 e. The number of aromatic hydroxyl groups is 1. The number of pyridine rings is 1. The third-order valence-electron chi connectivity index (χ3n) is 4.06. The molecule has 0 spiro atoms. The molecule has 2 heterocycles. The maximum atomic E-state index is 14.1. The zero-order valence-corrected chi connectivity index (χ0v) is 13.7. The molecule has 1 N–H and O–H groups in total. The maximum absolute atomic E-state index is 14.1. The highest BCUT2D eigenvalue weighted by Gasteiger charge is 2.22. The number of ketones is 1. The average molecular weight is 363 g/mol. The number of aromatic nitrogens is 3. The summed E-state index contributed by atoms with van der Waals surface area (Å²) in [6.07, 6.45) is 4.84. The van der Waals surface area contributed by atoms with Crippen LogP contribution >= 0.6 is 0 Å². The van der Waals surface area contributed by atoms with E-state index < -0.39 is 28.7 Å². The van der Waals surface area contributed by atoms with E-state index in [1.54, 1.807) is 30.7 Å². The quantitative estimate of drug-likeness (QED) is 0.559. The summed E-state index contributed by atoms with van der Waals surface area (Å²) >= 11 is 0. The number of phenols is 1. The van der Waals surface area contributed by atoms with E-state index in [-0.39, 0.29) is 5.56 Å². The molecule has 0 radical (unpaired) electrons. The number of hydrogen-bond acceptors (Lipinski definition) is 5. The van der Waals surface area contributed by atoms with Gasteiger partial charge in [-0.1, -0.05) is 0 Å². The minimum atomic E-state index is -1.30. The molecular weight excluding hydrogens is 352 g/mol. The second-order valence-corrected chi connectivity index (χ2v) is 5.79. The van der Waals surface area contributed by atoms with Gasteiger partial charge in [-0.15, -0.1) is 0 Å². The number of carbonyl (C=O) groups excluding carboxylic acids is 1. The van der Waals surface area contributed by atoms with Crippen molar-refractivity contribution in [2.75, 3.05) is 0 Å². The normalized spacial score (nSPS) is 10.9. The van der Waals surface area contributed by atoms with Crippen LogP contribution in [0, 0.1) is 11.6 Å². The highest BCUT2D eigenvalue weighted by molar-refractivity contribution is 6.10. The number of hydrogen-bond donors (Lipinski definition) is 1. The van der Waals surface area contributed by atoms with Crippen LogP contribution in [0.5, 0.6) is 5.75 Å². The van der Waals surface area contributed by atoms with Crippen LogP contribution in [0.15, 0.2) is 61.1 Å². The van der Waals surface area contributed by atoms with Crippen molar-refractivity contribution in [3.05, 3.63) is 83.8 Å². The van der Waals surface area contributed by atoms with Crippen LogP contribution in [0.25, 0.3) is 22.3 Å². The first-order valence-corrected chi connectivity index (χ1v) is 7.93. The van der Waals surface area contributed by atoms with Crippen molar-refractivity contribution < 1.29 is 18.7 Å². The van der Waals surface area contributed by atoms with Gasteiger partial charge in [-0.3, -0.25) is 14.8 Å². The van der Waals surface area contributed by atoms with Gasteiger partial charge < -0.3 is 5.11 Å². The van der Waals surface area contributed by atoms with Crippen LogP contribution in [-0.4, -0.2) is 25.8 Å². The number of halogens is 2. The first kappa shape index (κ1) is 16.7. The Labute approximate surface area is 152 Å². The van der Waals surface area contributed by atoms with E-state index in [2.05, 4.69) is 15.0 Å². The summed E-state index contributed by atoms with van der Waals surface area (Å²) in [7, 11) is 0. The number of fused-ring (bicyclic) bond motifs is 1. The van der Waals surface area contributed by atoms with Gasteiger partial charge in [-0.05, 0) is 42.5 Å². The number of phenolic OH excluding ortho intramolecular Hbond substituents is 1. The zero-order valence-electron chi connectivity index (χ0n) is 13.7. The van der Waals surface area contributed by atoms with Gasteiger partial charge >= 0.3 is 0 Å². The van der Waals surface area contributed by atoms with E-state index in [1.165, 1.54) is 12.1 Å². The third-order valence-corrected chi connectivity index (χ3v) is 4.06. The van der Waals surface area contributed by atoms with Crippen molar-refractivity contribution in [2.45, 2.75) is 0 Å². The Balaban J connectivity index is 1.81. The molecule has 0 saturated carbocycles. The van der Waals surface area contributed by atoms with Gasteiger partial charge in [-0.25, -0.2) is 13.8 Å². The summed E-state index contributed by atoms with van der Waals surface area (Å²) in [4.78, 5) is 25.4. The SMILES string of the molecule is O=C(c1ccc2ncc(-c3cccnc3)nc2c1)c1c(F)ccc(O)c1F. The van der Waals surface area contributed by atoms with E-state index >= 15 is 0 Å². The van der Waals surface area contributed by atoms with Crippen LogP contribution in [0.4, 0.5) is 8.78 Å². The van der Waals surface area contributed by atoms with E-state index in [0.717, 1.165) is 17.7 Å². The van der Waals surface area contributed by atoms with Gasteiger partial charge in [0.2, 0.25) is 0 Å². The average Bonchev–Trinajstić information content (AvgIpc) is 2.71. The van der Waals surface area contributed by atoms with Gasteiger partial charge in [0.05, 0.1) is 28.5 Å². The summed E-state index contributed by atoms with van der Waals surface area (Å²) in [5, 5.41) is 9.43. The minimum absolute atomic E-state index is 0.0311. The Kier molecular flexibility index (Phi) is 4.04. The maximum Gasteiger partial charge on any atom is 0.199 e. The Morgan fingerprint density at radius 2 is 1.85 bits per heavy atom. The fraction of sp³-hybridized carbons (Fsp3) is 0. The standard InChI is InChI=1S/C20H11F2N3O2/c21-13-4-6-17(26)19(22)18(13)20(27)11-3-5-14-15(8-11)25-16(10-24-14)12-2-1-7-23-9-12/h1-10,26H. The summed E-state index contributed by atoms with van der Waals surface area (Å²) in [5.74, 6) is -4.03. The monoisotopic (exact) mass is 363 g/mol. The van der Waals surface area contributed by atoms with Crippen molar-refractivity contribution in [1.29, 1.82) is 0 Å². The van der Waals surface area contributed by atoms with Crippen LogP contribution in [-0.2, 0) is 0 Å². The Hall–Kier alpha value is -3.74. The Morgan fingerprint density at radius 3 is 2.63 bits per heavy atom. The molecule has 0 fully saturated rings. The predicted molar refractivity (Wildman–Crippen MR) is 94.2 cm³/mol. The molecule has 0 aliphatic heterocycles. The molecule has 0 aliphatic carbocycles. The van der Waals surface area contributed by atoms with E-state index in [0.29, 0.717) is 16.7 Å². The van der Waals surface area contributed by atoms with Gasteiger partial charge in [-0.2, -0.15) is 0 Å². The lowest BCUT2D eigenvalue weighted by Gasteiger charge is -2.07. The first-order chi connectivity index (χ1) is 13.0. The number of nitrogens with zero attached hydrogens (tertiary/aromatic N) is 3. The first-order valence-electron chi connectivity index (χ1n) is 7.93. The summed E-state index contributed by atoms with van der Waals surface area (Å²) < 4.78 is 28.0. The van der Waals surface area contributed by atoms with Crippen molar-refractivity contribution in [2.24, 2.45) is 0 Å². The predicted octanol–water partition coefficient (Wildman–Crippen LogP) is 3.91. The summed E-state index contributed by atoms with van der Waals surface area (Å²) in [6.45, 7) is 0. The van der Waals surface area contributed by atoms with E-state index in [9.17, 15) is 18.7 Å².